The third kappa shape index (κ3) is 4.48. The van der Waals surface area contributed by atoms with Crippen molar-refractivity contribution in [1.82, 2.24) is 0 Å². The van der Waals surface area contributed by atoms with Crippen LogP contribution in [0.5, 0.6) is 0 Å². The Kier molecular flexibility index (Phi) is 5.80. The van der Waals surface area contributed by atoms with Gasteiger partial charge in [0.05, 0.1) is 27.9 Å². The molecular weight excluding hydrogens is 351 g/mol. The number of carbonyl (C=O) groups excluding carboxylic acids is 2. The van der Waals surface area contributed by atoms with E-state index in [4.69, 9.17) is 33.2 Å². The third-order valence-electron chi connectivity index (χ3n) is 3.09. The fourth-order valence-corrected chi connectivity index (χ4v) is 2.24. The summed E-state index contributed by atoms with van der Waals surface area (Å²) in [5, 5.41) is 12.0. The van der Waals surface area contributed by atoms with Gasteiger partial charge in [0.15, 0.2) is 6.10 Å². The summed E-state index contributed by atoms with van der Waals surface area (Å²) in [5.74, 6) is -1.19. The molecule has 0 aromatic heterocycles. The molecule has 0 fully saturated rings. The van der Waals surface area contributed by atoms with Crippen LogP contribution in [-0.2, 0) is 9.53 Å². The zero-order valence-corrected chi connectivity index (χ0v) is 14.1. The Morgan fingerprint density at radius 1 is 1.17 bits per heavy atom. The quantitative estimate of drug-likeness (QED) is 0.832. The van der Waals surface area contributed by atoms with Crippen molar-refractivity contribution in [3.8, 4) is 6.07 Å². The summed E-state index contributed by atoms with van der Waals surface area (Å²) in [4.78, 5) is 24.1. The van der Waals surface area contributed by atoms with E-state index in [0.717, 1.165) is 0 Å². The Balaban J connectivity index is 2.00. The molecule has 0 saturated carbocycles. The van der Waals surface area contributed by atoms with Gasteiger partial charge in [-0.1, -0.05) is 23.2 Å². The molecule has 0 saturated heterocycles. The lowest BCUT2D eigenvalue weighted by atomic mass is 10.1. The number of anilines is 1. The second-order valence-corrected chi connectivity index (χ2v) is 5.69. The number of esters is 1. The van der Waals surface area contributed by atoms with E-state index in [1.807, 2.05) is 6.07 Å². The lowest BCUT2D eigenvalue weighted by Gasteiger charge is -2.14. The first-order chi connectivity index (χ1) is 11.4. The molecule has 0 radical (unpaired) electrons. The van der Waals surface area contributed by atoms with Crippen LogP contribution in [0.4, 0.5) is 5.69 Å². The van der Waals surface area contributed by atoms with E-state index < -0.39 is 18.0 Å². The average Bonchev–Trinajstić information content (AvgIpc) is 2.57. The fourth-order valence-electron chi connectivity index (χ4n) is 1.79. The molecule has 0 aliphatic carbocycles. The number of hydrogen-bond acceptors (Lipinski definition) is 4. The van der Waals surface area contributed by atoms with Crippen molar-refractivity contribution < 1.29 is 14.3 Å². The van der Waals surface area contributed by atoms with E-state index >= 15 is 0 Å². The summed E-state index contributed by atoms with van der Waals surface area (Å²) in [5.41, 5.74) is 1.04. The van der Waals surface area contributed by atoms with Crippen molar-refractivity contribution in [2.24, 2.45) is 0 Å². The SMILES string of the molecule is C[C@H](OC(=O)c1ccc(C#N)cc1)C(=O)Nc1ccc(Cl)cc1Cl. The van der Waals surface area contributed by atoms with Crippen LogP contribution in [0.3, 0.4) is 0 Å². The van der Waals surface area contributed by atoms with Gasteiger partial charge in [-0.15, -0.1) is 0 Å². The highest BCUT2D eigenvalue weighted by Gasteiger charge is 2.19. The molecule has 0 aliphatic rings. The fraction of sp³-hybridized carbons (Fsp3) is 0.118. The summed E-state index contributed by atoms with van der Waals surface area (Å²) in [7, 11) is 0. The number of nitrogens with one attached hydrogen (secondary N) is 1. The molecule has 0 unspecified atom stereocenters. The van der Waals surface area contributed by atoms with Crippen LogP contribution in [0.2, 0.25) is 10.0 Å². The van der Waals surface area contributed by atoms with Gasteiger partial charge in [0.2, 0.25) is 0 Å². The molecule has 1 atom stereocenters. The number of ether oxygens (including phenoxy) is 1. The van der Waals surface area contributed by atoms with Crippen LogP contribution in [-0.4, -0.2) is 18.0 Å². The maximum Gasteiger partial charge on any atom is 0.338 e. The normalized spacial score (nSPS) is 11.2. The van der Waals surface area contributed by atoms with Crippen LogP contribution in [0.25, 0.3) is 0 Å². The molecule has 5 nitrogen and oxygen atoms in total. The molecule has 1 N–H and O–H groups in total. The van der Waals surface area contributed by atoms with Crippen LogP contribution in [0, 0.1) is 11.3 Å². The molecule has 2 aromatic carbocycles. The maximum atomic E-state index is 12.1. The summed E-state index contributed by atoms with van der Waals surface area (Å²) >= 11 is 11.8. The Labute approximate surface area is 148 Å². The molecule has 2 aromatic rings. The minimum Gasteiger partial charge on any atom is -0.449 e. The van der Waals surface area contributed by atoms with Gasteiger partial charge in [-0.25, -0.2) is 4.79 Å². The summed E-state index contributed by atoms with van der Waals surface area (Å²) < 4.78 is 5.10. The smallest absolute Gasteiger partial charge is 0.338 e. The lowest BCUT2D eigenvalue weighted by Crippen LogP contribution is -2.30. The molecule has 0 aliphatic heterocycles. The maximum absolute atomic E-state index is 12.1. The predicted octanol–water partition coefficient (Wildman–Crippen LogP) is 4.05. The Morgan fingerprint density at radius 2 is 1.83 bits per heavy atom. The summed E-state index contributed by atoms with van der Waals surface area (Å²) in [6, 6.07) is 12.5. The molecule has 0 bridgehead atoms. The van der Waals surface area contributed by atoms with Gasteiger partial charge < -0.3 is 10.1 Å². The molecule has 0 spiro atoms. The van der Waals surface area contributed by atoms with Crippen molar-refractivity contribution in [1.29, 1.82) is 5.26 Å². The van der Waals surface area contributed by atoms with E-state index in [1.54, 1.807) is 12.1 Å². The first-order valence-electron chi connectivity index (χ1n) is 6.88. The number of halogens is 2. The number of nitrogens with zero attached hydrogens (tertiary/aromatic N) is 1. The monoisotopic (exact) mass is 362 g/mol. The van der Waals surface area contributed by atoms with E-state index in [2.05, 4.69) is 5.32 Å². The second kappa shape index (κ2) is 7.82. The van der Waals surface area contributed by atoms with Gasteiger partial charge in [0, 0.05) is 5.02 Å². The topological polar surface area (TPSA) is 79.2 Å². The molecule has 2 rings (SSSR count). The number of benzene rings is 2. The van der Waals surface area contributed by atoms with E-state index in [9.17, 15) is 9.59 Å². The van der Waals surface area contributed by atoms with Crippen molar-refractivity contribution in [3.05, 3.63) is 63.6 Å². The van der Waals surface area contributed by atoms with Crippen LogP contribution < -0.4 is 5.32 Å². The lowest BCUT2D eigenvalue weighted by molar-refractivity contribution is -0.123. The standard InChI is InChI=1S/C17H12Cl2N2O3/c1-10(16(22)21-15-7-6-13(18)8-14(15)19)24-17(23)12-4-2-11(9-20)3-5-12/h2-8,10H,1H3,(H,21,22)/t10-/m0/s1. The minimum absolute atomic E-state index is 0.248. The number of nitriles is 1. The van der Waals surface area contributed by atoms with E-state index in [0.29, 0.717) is 16.3 Å². The summed E-state index contributed by atoms with van der Waals surface area (Å²) in [6.07, 6.45) is -1.03. The van der Waals surface area contributed by atoms with Crippen molar-refractivity contribution in [2.45, 2.75) is 13.0 Å². The first-order valence-corrected chi connectivity index (χ1v) is 7.63. The number of rotatable bonds is 4. The molecular formula is C17H12Cl2N2O3. The summed E-state index contributed by atoms with van der Waals surface area (Å²) in [6.45, 7) is 1.45. The zero-order chi connectivity index (χ0) is 17.7. The van der Waals surface area contributed by atoms with Gasteiger partial charge in [0.25, 0.3) is 5.91 Å². The number of hydrogen-bond donors (Lipinski definition) is 1. The highest BCUT2D eigenvalue weighted by atomic mass is 35.5. The molecule has 1 amide bonds. The molecule has 24 heavy (non-hydrogen) atoms. The Morgan fingerprint density at radius 3 is 2.42 bits per heavy atom. The van der Waals surface area contributed by atoms with Gasteiger partial charge in [-0.2, -0.15) is 5.26 Å². The Bertz CT molecular complexity index is 814. The molecule has 0 heterocycles. The zero-order valence-electron chi connectivity index (χ0n) is 12.5. The van der Waals surface area contributed by atoms with Gasteiger partial charge in [-0.05, 0) is 49.4 Å². The second-order valence-electron chi connectivity index (χ2n) is 4.85. The van der Waals surface area contributed by atoms with Crippen LogP contribution in [0.1, 0.15) is 22.8 Å². The average molecular weight is 363 g/mol. The molecule has 7 heteroatoms. The van der Waals surface area contributed by atoms with Crippen molar-refractivity contribution >= 4 is 40.8 Å². The van der Waals surface area contributed by atoms with Crippen LogP contribution in [0.15, 0.2) is 42.5 Å². The number of amides is 1. The van der Waals surface area contributed by atoms with Gasteiger partial charge in [0.1, 0.15) is 0 Å². The third-order valence-corrected chi connectivity index (χ3v) is 3.64. The first kappa shape index (κ1) is 17.8. The van der Waals surface area contributed by atoms with Crippen molar-refractivity contribution in [3.63, 3.8) is 0 Å². The predicted molar refractivity (Wildman–Crippen MR) is 91.1 cm³/mol. The molecule has 122 valence electrons. The van der Waals surface area contributed by atoms with Crippen molar-refractivity contribution in [2.75, 3.05) is 5.32 Å². The highest BCUT2D eigenvalue weighted by Crippen LogP contribution is 2.25. The van der Waals surface area contributed by atoms with Crippen LogP contribution >= 0.6 is 23.2 Å². The van der Waals surface area contributed by atoms with Gasteiger partial charge >= 0.3 is 5.97 Å². The van der Waals surface area contributed by atoms with E-state index in [-0.39, 0.29) is 10.6 Å². The van der Waals surface area contributed by atoms with E-state index in [1.165, 1.54) is 37.3 Å². The minimum atomic E-state index is -1.03. The van der Waals surface area contributed by atoms with Gasteiger partial charge in [-0.3, -0.25) is 4.79 Å². The number of carbonyl (C=O) groups is 2. The highest BCUT2D eigenvalue weighted by molar-refractivity contribution is 6.36. The largest absolute Gasteiger partial charge is 0.449 e. The Hall–Kier alpha value is -2.55.